The molecule has 1 atom stereocenters. The Balaban J connectivity index is 2.33. The van der Waals surface area contributed by atoms with Gasteiger partial charge in [0.05, 0.1) is 13.0 Å². The highest BCUT2D eigenvalue weighted by Crippen LogP contribution is 2.31. The van der Waals surface area contributed by atoms with Crippen molar-refractivity contribution >= 4 is 17.6 Å². The first kappa shape index (κ1) is 12.9. The Labute approximate surface area is 112 Å². The van der Waals surface area contributed by atoms with Gasteiger partial charge in [0, 0.05) is 10.9 Å². The van der Waals surface area contributed by atoms with E-state index in [1.165, 1.54) is 7.11 Å². The van der Waals surface area contributed by atoms with Crippen LogP contribution in [0.15, 0.2) is 48.6 Å². The van der Waals surface area contributed by atoms with Crippen LogP contribution >= 0.6 is 11.6 Å². The molecule has 0 saturated heterocycles. The second kappa shape index (κ2) is 5.87. The van der Waals surface area contributed by atoms with Crippen LogP contribution in [0, 0.1) is 5.92 Å². The molecule has 0 aromatic heterocycles. The molecule has 0 bridgehead atoms. The zero-order valence-electron chi connectivity index (χ0n) is 10.2. The average Bonchev–Trinajstić information content (AvgIpc) is 2.42. The van der Waals surface area contributed by atoms with Crippen molar-refractivity contribution in [3.63, 3.8) is 0 Å². The van der Waals surface area contributed by atoms with Crippen LogP contribution < -0.4 is 0 Å². The molecule has 0 spiro atoms. The fourth-order valence-corrected chi connectivity index (χ4v) is 2.27. The average molecular weight is 263 g/mol. The van der Waals surface area contributed by atoms with Gasteiger partial charge in [-0.1, -0.05) is 48.0 Å². The van der Waals surface area contributed by atoms with Gasteiger partial charge >= 0.3 is 5.97 Å². The lowest BCUT2D eigenvalue weighted by molar-refractivity contribution is -0.143. The number of hydrogen-bond acceptors (Lipinski definition) is 2. The lowest BCUT2D eigenvalue weighted by atomic mass is 9.84. The summed E-state index contributed by atoms with van der Waals surface area (Å²) < 4.78 is 4.91. The number of carbonyl (C=O) groups excluding carboxylic acids is 1. The SMILES string of the molecule is COC(=O)C(c1ccc(Cl)cc1)C1C=CCC=C1. The molecule has 2 nitrogen and oxygen atoms in total. The normalized spacial score (nSPS) is 16.6. The van der Waals surface area contributed by atoms with E-state index in [0.717, 1.165) is 12.0 Å². The molecule has 0 N–H and O–H groups in total. The van der Waals surface area contributed by atoms with Gasteiger partial charge in [-0.25, -0.2) is 0 Å². The van der Waals surface area contributed by atoms with Gasteiger partial charge in [0.15, 0.2) is 0 Å². The Hall–Kier alpha value is -1.54. The van der Waals surface area contributed by atoms with E-state index in [9.17, 15) is 4.79 Å². The Morgan fingerprint density at radius 2 is 1.89 bits per heavy atom. The fourth-order valence-electron chi connectivity index (χ4n) is 2.15. The molecule has 1 aliphatic rings. The van der Waals surface area contributed by atoms with Crippen LogP contribution in [0.3, 0.4) is 0 Å². The molecule has 0 fully saturated rings. The largest absolute Gasteiger partial charge is 0.469 e. The number of ether oxygens (including phenoxy) is 1. The number of methoxy groups -OCH3 is 1. The maximum atomic E-state index is 12.0. The minimum absolute atomic E-state index is 0.0485. The highest BCUT2D eigenvalue weighted by molar-refractivity contribution is 6.30. The van der Waals surface area contributed by atoms with Gasteiger partial charge in [0.2, 0.25) is 0 Å². The first-order chi connectivity index (χ1) is 8.72. The number of esters is 1. The van der Waals surface area contributed by atoms with Crippen molar-refractivity contribution in [3.05, 3.63) is 59.2 Å². The van der Waals surface area contributed by atoms with Gasteiger partial charge in [-0.05, 0) is 24.1 Å². The molecule has 1 aromatic rings. The van der Waals surface area contributed by atoms with Crippen LogP contribution in [0.1, 0.15) is 17.9 Å². The minimum atomic E-state index is -0.305. The summed E-state index contributed by atoms with van der Waals surface area (Å²) in [5.74, 6) is -0.481. The molecule has 94 valence electrons. The zero-order chi connectivity index (χ0) is 13.0. The number of rotatable bonds is 3. The van der Waals surface area contributed by atoms with Crippen molar-refractivity contribution < 1.29 is 9.53 Å². The van der Waals surface area contributed by atoms with E-state index in [4.69, 9.17) is 16.3 Å². The van der Waals surface area contributed by atoms with Crippen LogP contribution in [-0.2, 0) is 9.53 Å². The van der Waals surface area contributed by atoms with E-state index in [1.807, 2.05) is 12.1 Å². The Morgan fingerprint density at radius 1 is 1.28 bits per heavy atom. The first-order valence-corrected chi connectivity index (χ1v) is 6.27. The lowest BCUT2D eigenvalue weighted by Crippen LogP contribution is -2.21. The van der Waals surface area contributed by atoms with Crippen molar-refractivity contribution in [3.8, 4) is 0 Å². The Morgan fingerprint density at radius 3 is 2.44 bits per heavy atom. The van der Waals surface area contributed by atoms with Crippen molar-refractivity contribution in [2.24, 2.45) is 5.92 Å². The van der Waals surface area contributed by atoms with Gasteiger partial charge in [0.1, 0.15) is 0 Å². The third-order valence-electron chi connectivity index (χ3n) is 3.06. The van der Waals surface area contributed by atoms with Crippen LogP contribution in [0.5, 0.6) is 0 Å². The molecule has 1 unspecified atom stereocenters. The molecule has 0 amide bonds. The summed E-state index contributed by atoms with van der Waals surface area (Å²) in [7, 11) is 1.42. The summed E-state index contributed by atoms with van der Waals surface area (Å²) in [6.07, 6.45) is 9.16. The summed E-state index contributed by atoms with van der Waals surface area (Å²) in [5.41, 5.74) is 0.924. The monoisotopic (exact) mass is 262 g/mol. The van der Waals surface area contributed by atoms with E-state index in [-0.39, 0.29) is 17.8 Å². The number of carbonyl (C=O) groups is 1. The number of benzene rings is 1. The molecule has 2 rings (SSSR count). The minimum Gasteiger partial charge on any atom is -0.469 e. The van der Waals surface area contributed by atoms with Gasteiger partial charge in [0.25, 0.3) is 0 Å². The highest BCUT2D eigenvalue weighted by Gasteiger charge is 2.28. The van der Waals surface area contributed by atoms with Crippen LogP contribution in [-0.4, -0.2) is 13.1 Å². The summed E-state index contributed by atoms with van der Waals surface area (Å²) in [4.78, 5) is 12.0. The molecular weight excluding hydrogens is 248 g/mol. The van der Waals surface area contributed by atoms with Crippen LogP contribution in [0.2, 0.25) is 5.02 Å². The maximum Gasteiger partial charge on any atom is 0.314 e. The molecule has 1 aliphatic carbocycles. The molecule has 18 heavy (non-hydrogen) atoms. The van der Waals surface area contributed by atoms with E-state index in [1.54, 1.807) is 12.1 Å². The number of halogens is 1. The van der Waals surface area contributed by atoms with Crippen LogP contribution in [0.25, 0.3) is 0 Å². The van der Waals surface area contributed by atoms with Crippen molar-refractivity contribution in [1.82, 2.24) is 0 Å². The van der Waals surface area contributed by atoms with Gasteiger partial charge < -0.3 is 4.74 Å². The number of hydrogen-bond donors (Lipinski definition) is 0. The van der Waals surface area contributed by atoms with E-state index in [2.05, 4.69) is 24.3 Å². The molecule has 0 aliphatic heterocycles. The third kappa shape index (κ3) is 2.82. The summed E-state index contributed by atoms with van der Waals surface area (Å²) in [6.45, 7) is 0. The summed E-state index contributed by atoms with van der Waals surface area (Å²) in [6, 6.07) is 7.34. The molecule has 1 aromatic carbocycles. The Kier molecular flexibility index (Phi) is 4.21. The van der Waals surface area contributed by atoms with Gasteiger partial charge in [-0.2, -0.15) is 0 Å². The van der Waals surface area contributed by atoms with E-state index >= 15 is 0 Å². The predicted molar refractivity (Wildman–Crippen MR) is 72.6 cm³/mol. The molecule has 3 heteroatoms. The fraction of sp³-hybridized carbons (Fsp3) is 0.267. The molecule has 0 radical (unpaired) electrons. The van der Waals surface area contributed by atoms with Crippen molar-refractivity contribution in [1.29, 1.82) is 0 Å². The van der Waals surface area contributed by atoms with Gasteiger partial charge in [-0.15, -0.1) is 0 Å². The lowest BCUT2D eigenvalue weighted by Gasteiger charge is -2.22. The highest BCUT2D eigenvalue weighted by atomic mass is 35.5. The van der Waals surface area contributed by atoms with Crippen molar-refractivity contribution in [2.75, 3.05) is 7.11 Å². The van der Waals surface area contributed by atoms with Crippen molar-refractivity contribution in [2.45, 2.75) is 12.3 Å². The van der Waals surface area contributed by atoms with Crippen LogP contribution in [0.4, 0.5) is 0 Å². The first-order valence-electron chi connectivity index (χ1n) is 5.89. The summed E-state index contributed by atoms with van der Waals surface area (Å²) >= 11 is 5.87. The van der Waals surface area contributed by atoms with Gasteiger partial charge in [-0.3, -0.25) is 4.79 Å². The summed E-state index contributed by atoms with van der Waals surface area (Å²) in [5, 5.41) is 0.664. The molecule has 0 heterocycles. The maximum absolute atomic E-state index is 12.0. The Bertz CT molecular complexity index is 462. The van der Waals surface area contributed by atoms with E-state index in [0.29, 0.717) is 5.02 Å². The standard InChI is InChI=1S/C15H15ClO2/c1-18-15(17)14(11-5-3-2-4-6-11)12-7-9-13(16)10-8-12/h3-11,14H,2H2,1H3. The smallest absolute Gasteiger partial charge is 0.314 e. The van der Waals surface area contributed by atoms with E-state index < -0.39 is 0 Å². The number of allylic oxidation sites excluding steroid dienone is 4. The molecule has 0 saturated carbocycles. The predicted octanol–water partition coefficient (Wildman–Crippen LogP) is 3.73. The quantitative estimate of drug-likeness (QED) is 0.613. The second-order valence-corrected chi connectivity index (χ2v) is 4.66. The second-order valence-electron chi connectivity index (χ2n) is 4.22. The topological polar surface area (TPSA) is 26.3 Å². The molecular formula is C15H15ClO2. The zero-order valence-corrected chi connectivity index (χ0v) is 10.9. The third-order valence-corrected chi connectivity index (χ3v) is 3.31.